The topological polar surface area (TPSA) is 93.0 Å². The van der Waals surface area contributed by atoms with Gasteiger partial charge in [-0.3, -0.25) is 0 Å². The predicted molar refractivity (Wildman–Crippen MR) is 96.0 cm³/mol. The zero-order valence-electron chi connectivity index (χ0n) is 14.6. The average molecular weight is 377 g/mol. The minimum Gasteiger partial charge on any atom is -0.440 e. The third-order valence-electron chi connectivity index (χ3n) is 4.80. The van der Waals surface area contributed by atoms with Gasteiger partial charge in [0.05, 0.1) is 6.61 Å². The van der Waals surface area contributed by atoms with Gasteiger partial charge in [0.1, 0.15) is 11.6 Å². The van der Waals surface area contributed by atoms with E-state index in [0.717, 1.165) is 49.5 Å². The third-order valence-corrected chi connectivity index (χ3v) is 5.04. The fraction of sp³-hybridized carbons (Fsp3) is 0.529. The number of hydrogen-bond donors (Lipinski definition) is 1. The lowest BCUT2D eigenvalue weighted by Crippen LogP contribution is -2.35. The number of nitrogens with zero attached hydrogens (tertiary/aromatic N) is 5. The van der Waals surface area contributed by atoms with Gasteiger partial charge in [-0.15, -0.1) is 10.2 Å². The van der Waals surface area contributed by atoms with Crippen molar-refractivity contribution in [3.05, 3.63) is 34.9 Å². The van der Waals surface area contributed by atoms with Crippen molar-refractivity contribution in [1.82, 2.24) is 30.5 Å². The van der Waals surface area contributed by atoms with Crippen molar-refractivity contribution in [3.8, 4) is 0 Å². The Morgan fingerprint density at radius 1 is 1.38 bits per heavy atom. The molecule has 0 radical (unpaired) electrons. The second-order valence-electron chi connectivity index (χ2n) is 6.56. The monoisotopic (exact) mass is 376 g/mol. The van der Waals surface area contributed by atoms with Gasteiger partial charge in [0.15, 0.2) is 11.5 Å². The second-order valence-corrected chi connectivity index (χ2v) is 7.00. The zero-order chi connectivity index (χ0) is 17.9. The predicted octanol–water partition coefficient (Wildman–Crippen LogP) is 2.95. The normalized spacial score (nSPS) is 17.8. The van der Waals surface area contributed by atoms with Crippen LogP contribution in [0.3, 0.4) is 0 Å². The van der Waals surface area contributed by atoms with Crippen LogP contribution in [0.2, 0.25) is 5.02 Å². The fourth-order valence-corrected chi connectivity index (χ4v) is 3.44. The van der Waals surface area contributed by atoms with Crippen LogP contribution < -0.4 is 0 Å². The number of ether oxygens (including phenoxy) is 1. The Kier molecular flexibility index (Phi) is 5.14. The van der Waals surface area contributed by atoms with E-state index in [1.165, 1.54) is 0 Å². The molecule has 0 spiro atoms. The summed E-state index contributed by atoms with van der Waals surface area (Å²) in [4.78, 5) is 7.02. The highest BCUT2D eigenvalue weighted by Crippen LogP contribution is 2.30. The largest absolute Gasteiger partial charge is 0.440 e. The highest BCUT2D eigenvalue weighted by Gasteiger charge is 2.24. The summed E-state index contributed by atoms with van der Waals surface area (Å²) < 4.78 is 11.7. The van der Waals surface area contributed by atoms with Crippen LogP contribution in [0, 0.1) is 0 Å². The number of aromatic nitrogens is 5. The molecule has 1 N–H and O–H groups in total. The lowest BCUT2D eigenvalue weighted by molar-refractivity contribution is 0.0378. The number of H-pyrrole nitrogens is 1. The summed E-state index contributed by atoms with van der Waals surface area (Å²) in [6, 6.07) is 5.56. The molecule has 1 aliphatic heterocycles. The number of aromatic amines is 1. The Labute approximate surface area is 155 Å². The van der Waals surface area contributed by atoms with Crippen molar-refractivity contribution in [2.75, 3.05) is 26.2 Å². The smallest absolute Gasteiger partial charge is 0.202 e. The Morgan fingerprint density at radius 3 is 3.00 bits per heavy atom. The lowest BCUT2D eigenvalue weighted by Gasteiger charge is -2.30. The molecule has 3 aromatic rings. The molecular formula is C17H21ClN6O2. The molecular weight excluding hydrogens is 356 g/mol. The van der Waals surface area contributed by atoms with Crippen LogP contribution in [0.1, 0.15) is 43.5 Å². The first kappa shape index (κ1) is 17.4. The summed E-state index contributed by atoms with van der Waals surface area (Å²) >= 11 is 6.02. The summed E-state index contributed by atoms with van der Waals surface area (Å²) in [5.74, 6) is 1.76. The molecule has 1 aliphatic rings. The molecule has 138 valence electrons. The Hall–Kier alpha value is -2.03. The first-order valence-corrected chi connectivity index (χ1v) is 9.20. The van der Waals surface area contributed by atoms with E-state index >= 15 is 0 Å². The van der Waals surface area contributed by atoms with E-state index < -0.39 is 0 Å². The van der Waals surface area contributed by atoms with E-state index in [1.807, 2.05) is 25.1 Å². The number of fused-ring (bicyclic) bond motifs is 1. The van der Waals surface area contributed by atoms with E-state index in [2.05, 4.69) is 30.5 Å². The van der Waals surface area contributed by atoms with Crippen molar-refractivity contribution in [2.24, 2.45) is 0 Å². The van der Waals surface area contributed by atoms with Crippen molar-refractivity contribution in [2.45, 2.75) is 31.8 Å². The minimum absolute atomic E-state index is 0.155. The Bertz CT molecular complexity index is 844. The molecule has 26 heavy (non-hydrogen) atoms. The van der Waals surface area contributed by atoms with E-state index in [0.29, 0.717) is 23.4 Å². The van der Waals surface area contributed by atoms with Crippen LogP contribution in [0.15, 0.2) is 22.6 Å². The Balaban J connectivity index is 1.25. The molecule has 0 amide bonds. The molecule has 0 saturated carbocycles. The number of piperidine rings is 1. The highest BCUT2D eigenvalue weighted by molar-refractivity contribution is 6.31. The maximum absolute atomic E-state index is 6.02. The molecule has 0 aliphatic carbocycles. The van der Waals surface area contributed by atoms with Gasteiger partial charge >= 0.3 is 0 Å². The molecule has 1 unspecified atom stereocenters. The Morgan fingerprint density at radius 2 is 2.23 bits per heavy atom. The molecule has 1 fully saturated rings. The molecule has 4 rings (SSSR count). The molecule has 3 heterocycles. The highest BCUT2D eigenvalue weighted by atomic mass is 35.5. The van der Waals surface area contributed by atoms with Crippen LogP contribution in [0.4, 0.5) is 0 Å². The molecule has 9 heteroatoms. The van der Waals surface area contributed by atoms with Crippen LogP contribution in [-0.2, 0) is 4.74 Å². The number of tetrazole rings is 1. The average Bonchev–Trinajstić information content (AvgIpc) is 3.31. The van der Waals surface area contributed by atoms with Crippen LogP contribution in [-0.4, -0.2) is 56.7 Å². The van der Waals surface area contributed by atoms with Crippen molar-refractivity contribution in [1.29, 1.82) is 0 Å². The summed E-state index contributed by atoms with van der Waals surface area (Å²) in [6.45, 7) is 5.46. The van der Waals surface area contributed by atoms with Gasteiger partial charge in [-0.2, -0.15) is 5.21 Å². The van der Waals surface area contributed by atoms with Crippen molar-refractivity contribution >= 4 is 22.7 Å². The molecule has 1 aromatic carbocycles. The first-order chi connectivity index (χ1) is 12.7. The van der Waals surface area contributed by atoms with Gasteiger partial charge in [0.25, 0.3) is 0 Å². The maximum atomic E-state index is 6.02. The number of hydrogen-bond acceptors (Lipinski definition) is 7. The zero-order valence-corrected chi connectivity index (χ0v) is 15.3. The summed E-state index contributed by atoms with van der Waals surface area (Å²) in [7, 11) is 0. The molecule has 8 nitrogen and oxygen atoms in total. The first-order valence-electron chi connectivity index (χ1n) is 8.82. The van der Waals surface area contributed by atoms with Gasteiger partial charge in [-0.1, -0.05) is 16.8 Å². The van der Waals surface area contributed by atoms with E-state index in [1.54, 1.807) is 0 Å². The van der Waals surface area contributed by atoms with Gasteiger partial charge in [0.2, 0.25) is 5.82 Å². The van der Waals surface area contributed by atoms with E-state index in [9.17, 15) is 0 Å². The van der Waals surface area contributed by atoms with Crippen molar-refractivity contribution in [3.63, 3.8) is 0 Å². The molecule has 2 aromatic heterocycles. The fourth-order valence-electron chi connectivity index (χ4n) is 3.27. The van der Waals surface area contributed by atoms with Crippen LogP contribution in [0.5, 0.6) is 0 Å². The lowest BCUT2D eigenvalue weighted by atomic mass is 9.97. The number of halogens is 1. The van der Waals surface area contributed by atoms with E-state index in [4.69, 9.17) is 20.8 Å². The number of nitrogens with one attached hydrogen (secondary N) is 1. The SMILES string of the molecule is CC(OCCN1CCC(c2nc3cc(Cl)ccc3o2)CC1)c1nn[nH]n1. The van der Waals surface area contributed by atoms with Gasteiger partial charge < -0.3 is 14.1 Å². The van der Waals surface area contributed by atoms with Crippen LogP contribution >= 0.6 is 11.6 Å². The number of likely N-dealkylation sites (tertiary alicyclic amines) is 1. The molecule has 1 saturated heterocycles. The van der Waals surface area contributed by atoms with Gasteiger partial charge in [-0.25, -0.2) is 4.98 Å². The number of benzene rings is 1. The standard InChI is InChI=1S/C17H21ClN6O2/c1-11(16-20-22-23-21-16)25-9-8-24-6-4-12(5-7-24)17-19-14-10-13(18)2-3-15(14)26-17/h2-3,10-12H,4-9H2,1H3,(H,20,21,22,23). The molecule has 1 atom stereocenters. The quantitative estimate of drug-likeness (QED) is 0.706. The van der Waals surface area contributed by atoms with Gasteiger partial charge in [0, 0.05) is 17.5 Å². The number of rotatable bonds is 6. The summed E-state index contributed by atoms with van der Waals surface area (Å²) in [5.41, 5.74) is 1.63. The van der Waals surface area contributed by atoms with Crippen LogP contribution in [0.25, 0.3) is 11.1 Å². The number of oxazole rings is 1. The third kappa shape index (κ3) is 3.87. The summed E-state index contributed by atoms with van der Waals surface area (Å²) in [6.07, 6.45) is 1.90. The summed E-state index contributed by atoms with van der Waals surface area (Å²) in [5, 5.41) is 14.5. The van der Waals surface area contributed by atoms with E-state index in [-0.39, 0.29) is 6.10 Å². The van der Waals surface area contributed by atoms with Crippen molar-refractivity contribution < 1.29 is 9.15 Å². The minimum atomic E-state index is -0.155. The maximum Gasteiger partial charge on any atom is 0.202 e. The second kappa shape index (κ2) is 7.69. The van der Waals surface area contributed by atoms with Gasteiger partial charge in [-0.05, 0) is 51.1 Å². The molecule has 0 bridgehead atoms.